The van der Waals surface area contributed by atoms with E-state index in [0.29, 0.717) is 22.8 Å². The van der Waals surface area contributed by atoms with Crippen LogP contribution in [0.15, 0.2) is 11.1 Å². The van der Waals surface area contributed by atoms with Crippen molar-refractivity contribution in [1.29, 1.82) is 0 Å². The summed E-state index contributed by atoms with van der Waals surface area (Å²) in [7, 11) is 3.40. The molecule has 1 aromatic rings. The first kappa shape index (κ1) is 15.5. The van der Waals surface area contributed by atoms with E-state index in [1.807, 2.05) is 6.92 Å². The monoisotopic (exact) mass is 282 g/mol. The number of pyridine rings is 1. The van der Waals surface area contributed by atoms with Crippen LogP contribution in [0.25, 0.3) is 0 Å². The van der Waals surface area contributed by atoms with Crippen molar-refractivity contribution in [3.8, 4) is 0 Å². The summed E-state index contributed by atoms with van der Waals surface area (Å²) in [5.41, 5.74) is 1.71. The molecule has 0 saturated carbocycles. The van der Waals surface area contributed by atoms with Crippen molar-refractivity contribution < 1.29 is 14.7 Å². The van der Waals surface area contributed by atoms with E-state index < -0.39 is 5.97 Å². The molecule has 6 heteroatoms. The van der Waals surface area contributed by atoms with Crippen LogP contribution in [0.2, 0.25) is 0 Å². The number of amides is 1. The molecule has 1 N–H and O–H groups in total. The number of carboxylic acid groups (broad SMARTS) is 1. The van der Waals surface area contributed by atoms with Crippen molar-refractivity contribution in [2.45, 2.75) is 25.3 Å². The molecule has 0 aliphatic heterocycles. The van der Waals surface area contributed by atoms with Crippen LogP contribution in [-0.2, 0) is 4.79 Å². The Hall–Kier alpha value is -1.56. The molecule has 0 radical (unpaired) electrons. The Kier molecular flexibility index (Phi) is 5.35. The van der Waals surface area contributed by atoms with Crippen LogP contribution in [-0.4, -0.2) is 46.7 Å². The molecule has 1 heterocycles. The maximum Gasteiger partial charge on any atom is 0.338 e. The van der Waals surface area contributed by atoms with Gasteiger partial charge in [0.1, 0.15) is 5.03 Å². The number of thioether (sulfide) groups is 1. The van der Waals surface area contributed by atoms with E-state index >= 15 is 0 Å². The van der Waals surface area contributed by atoms with Gasteiger partial charge in [0, 0.05) is 32.0 Å². The highest BCUT2D eigenvalue weighted by Gasteiger charge is 2.16. The zero-order valence-corrected chi connectivity index (χ0v) is 12.4. The molecule has 0 aliphatic rings. The van der Waals surface area contributed by atoms with E-state index in [-0.39, 0.29) is 11.5 Å². The maximum absolute atomic E-state index is 11.5. The first-order valence-corrected chi connectivity index (χ1v) is 6.86. The predicted molar refractivity (Wildman–Crippen MR) is 74.7 cm³/mol. The topological polar surface area (TPSA) is 70.5 Å². The van der Waals surface area contributed by atoms with Gasteiger partial charge in [-0.2, -0.15) is 0 Å². The number of carbonyl (C=O) groups is 2. The van der Waals surface area contributed by atoms with Crippen LogP contribution in [0.5, 0.6) is 0 Å². The zero-order valence-electron chi connectivity index (χ0n) is 11.6. The minimum absolute atomic E-state index is 0.0220. The first-order chi connectivity index (χ1) is 8.82. The summed E-state index contributed by atoms with van der Waals surface area (Å²) >= 11 is 1.31. The summed E-state index contributed by atoms with van der Waals surface area (Å²) in [5.74, 6) is -0.437. The fraction of sp³-hybridized carbons (Fsp3) is 0.462. The van der Waals surface area contributed by atoms with Crippen LogP contribution in [0.4, 0.5) is 0 Å². The van der Waals surface area contributed by atoms with Gasteiger partial charge in [-0.05, 0) is 25.5 Å². The summed E-state index contributed by atoms with van der Waals surface area (Å²) in [6.45, 7) is 3.58. The highest BCUT2D eigenvalue weighted by atomic mass is 32.2. The van der Waals surface area contributed by atoms with Gasteiger partial charge in [-0.3, -0.25) is 4.79 Å². The Bertz CT molecular complexity index is 501. The molecule has 0 unspecified atom stereocenters. The maximum atomic E-state index is 11.5. The Labute approximate surface area is 117 Å². The molecular formula is C13H18N2O3S. The van der Waals surface area contributed by atoms with Crippen molar-refractivity contribution in [2.75, 3.05) is 19.8 Å². The van der Waals surface area contributed by atoms with Gasteiger partial charge in [0.2, 0.25) is 5.91 Å². The normalized spacial score (nSPS) is 10.3. The molecule has 0 atom stereocenters. The lowest BCUT2D eigenvalue weighted by Gasteiger charge is -2.11. The Balaban J connectivity index is 2.83. The van der Waals surface area contributed by atoms with Gasteiger partial charge in [0.25, 0.3) is 0 Å². The molecule has 0 aliphatic carbocycles. The average Bonchev–Trinajstić information content (AvgIpc) is 2.26. The van der Waals surface area contributed by atoms with Gasteiger partial charge in [0.05, 0.1) is 5.56 Å². The van der Waals surface area contributed by atoms with E-state index in [9.17, 15) is 14.7 Å². The molecule has 0 bridgehead atoms. The Morgan fingerprint density at radius 1 is 1.37 bits per heavy atom. The zero-order chi connectivity index (χ0) is 14.6. The van der Waals surface area contributed by atoms with E-state index in [2.05, 4.69) is 4.98 Å². The smallest absolute Gasteiger partial charge is 0.338 e. The molecule has 19 heavy (non-hydrogen) atoms. The summed E-state index contributed by atoms with van der Waals surface area (Å²) in [6.07, 6.45) is 0.366. The quantitative estimate of drug-likeness (QED) is 0.836. The number of hydrogen-bond donors (Lipinski definition) is 1. The second-order valence-corrected chi connectivity index (χ2v) is 5.54. The second-order valence-electron chi connectivity index (χ2n) is 4.45. The number of hydrogen-bond acceptors (Lipinski definition) is 4. The molecule has 0 saturated heterocycles. The number of aryl methyl sites for hydroxylation is 2. The standard InChI is InChI=1S/C13H18N2O3S/c1-8-7-9(2)14-12(11(8)13(17)18)19-6-5-10(16)15(3)4/h7H,5-6H2,1-4H3,(H,17,18). The van der Waals surface area contributed by atoms with Crippen molar-refractivity contribution >= 4 is 23.6 Å². The van der Waals surface area contributed by atoms with Crippen LogP contribution in [0.1, 0.15) is 28.0 Å². The summed E-state index contributed by atoms with van der Waals surface area (Å²) in [5, 5.41) is 9.69. The van der Waals surface area contributed by atoms with Crippen molar-refractivity contribution in [3.05, 3.63) is 22.9 Å². The van der Waals surface area contributed by atoms with Gasteiger partial charge in [-0.15, -0.1) is 11.8 Å². The highest BCUT2D eigenvalue weighted by Crippen LogP contribution is 2.24. The van der Waals surface area contributed by atoms with E-state index in [0.717, 1.165) is 5.69 Å². The molecule has 104 valence electrons. The number of aromatic carboxylic acids is 1. The number of rotatable bonds is 5. The van der Waals surface area contributed by atoms with E-state index in [1.54, 1.807) is 27.1 Å². The van der Waals surface area contributed by atoms with Gasteiger partial charge in [-0.25, -0.2) is 9.78 Å². The molecular weight excluding hydrogens is 264 g/mol. The van der Waals surface area contributed by atoms with Gasteiger partial charge < -0.3 is 10.0 Å². The molecule has 1 aromatic heterocycles. The third-order valence-electron chi connectivity index (χ3n) is 2.58. The lowest BCUT2D eigenvalue weighted by molar-refractivity contribution is -0.128. The minimum Gasteiger partial charge on any atom is -0.478 e. The lowest BCUT2D eigenvalue weighted by atomic mass is 10.1. The van der Waals surface area contributed by atoms with Crippen molar-refractivity contribution in [1.82, 2.24) is 9.88 Å². The largest absolute Gasteiger partial charge is 0.478 e. The van der Waals surface area contributed by atoms with Crippen LogP contribution < -0.4 is 0 Å². The lowest BCUT2D eigenvalue weighted by Crippen LogP contribution is -2.21. The SMILES string of the molecule is Cc1cc(C)c(C(=O)O)c(SCCC(=O)N(C)C)n1. The molecule has 0 fully saturated rings. The molecule has 0 aromatic carbocycles. The number of aromatic nitrogens is 1. The fourth-order valence-corrected chi connectivity index (χ4v) is 2.70. The van der Waals surface area contributed by atoms with Crippen LogP contribution in [0.3, 0.4) is 0 Å². The second kappa shape index (κ2) is 6.56. The first-order valence-electron chi connectivity index (χ1n) is 5.87. The number of carbonyl (C=O) groups excluding carboxylic acids is 1. The van der Waals surface area contributed by atoms with Crippen molar-refractivity contribution in [3.63, 3.8) is 0 Å². The number of carboxylic acids is 1. The van der Waals surface area contributed by atoms with Crippen LogP contribution in [0, 0.1) is 13.8 Å². The molecule has 1 amide bonds. The fourth-order valence-electron chi connectivity index (χ4n) is 1.63. The third kappa shape index (κ3) is 4.24. The van der Waals surface area contributed by atoms with Crippen LogP contribution >= 0.6 is 11.8 Å². The van der Waals surface area contributed by atoms with Gasteiger partial charge in [0.15, 0.2) is 0 Å². The highest BCUT2D eigenvalue weighted by molar-refractivity contribution is 7.99. The van der Waals surface area contributed by atoms with Gasteiger partial charge in [-0.1, -0.05) is 0 Å². The third-order valence-corrected chi connectivity index (χ3v) is 3.56. The summed E-state index contributed by atoms with van der Waals surface area (Å²) < 4.78 is 0. The minimum atomic E-state index is -0.980. The average molecular weight is 282 g/mol. The predicted octanol–water partition coefficient (Wildman–Crippen LogP) is 1.97. The van der Waals surface area contributed by atoms with E-state index in [1.165, 1.54) is 16.7 Å². The van der Waals surface area contributed by atoms with Crippen molar-refractivity contribution in [2.24, 2.45) is 0 Å². The Morgan fingerprint density at radius 3 is 2.53 bits per heavy atom. The Morgan fingerprint density at radius 2 is 2.00 bits per heavy atom. The van der Waals surface area contributed by atoms with E-state index in [4.69, 9.17) is 0 Å². The number of nitrogens with zero attached hydrogens (tertiary/aromatic N) is 2. The van der Waals surface area contributed by atoms with Gasteiger partial charge >= 0.3 is 5.97 Å². The summed E-state index contributed by atoms with van der Waals surface area (Å²) in [6, 6.07) is 1.75. The molecule has 5 nitrogen and oxygen atoms in total. The molecule has 1 rings (SSSR count). The summed E-state index contributed by atoms with van der Waals surface area (Å²) in [4.78, 5) is 28.5. The molecule has 0 spiro atoms.